The summed E-state index contributed by atoms with van der Waals surface area (Å²) in [5.41, 5.74) is 6.84. The fraction of sp³-hybridized carbons (Fsp3) is 0.652. The van der Waals surface area contributed by atoms with E-state index in [1.54, 1.807) is 6.92 Å². The van der Waals surface area contributed by atoms with Gasteiger partial charge in [-0.1, -0.05) is 57.5 Å². The van der Waals surface area contributed by atoms with Crippen LogP contribution in [-0.4, -0.2) is 30.4 Å². The van der Waals surface area contributed by atoms with Crippen molar-refractivity contribution in [2.45, 2.75) is 65.5 Å². The quantitative estimate of drug-likeness (QED) is 0.599. The van der Waals surface area contributed by atoms with Crippen LogP contribution in [0.5, 0.6) is 0 Å². The summed E-state index contributed by atoms with van der Waals surface area (Å²) in [4.78, 5) is 25.1. The second-order valence-electron chi connectivity index (χ2n) is 8.86. The Hall–Kier alpha value is -1.59. The van der Waals surface area contributed by atoms with Gasteiger partial charge in [-0.3, -0.25) is 9.59 Å². The van der Waals surface area contributed by atoms with E-state index in [-0.39, 0.29) is 36.2 Å². The van der Waals surface area contributed by atoms with Crippen LogP contribution in [-0.2, 0) is 16.0 Å². The van der Waals surface area contributed by atoms with E-state index >= 15 is 0 Å². The molecule has 0 radical (unpaired) electrons. The number of hydrogen-bond acceptors (Lipinski definition) is 3. The van der Waals surface area contributed by atoms with Gasteiger partial charge in [-0.15, -0.1) is 12.4 Å². The highest BCUT2D eigenvalue weighted by Crippen LogP contribution is 2.38. The molecule has 0 aromatic heterocycles. The van der Waals surface area contributed by atoms with Crippen molar-refractivity contribution in [3.05, 3.63) is 35.9 Å². The van der Waals surface area contributed by atoms with Crippen LogP contribution in [0.15, 0.2) is 30.3 Å². The van der Waals surface area contributed by atoms with Crippen molar-refractivity contribution in [1.82, 2.24) is 10.6 Å². The van der Waals surface area contributed by atoms with Crippen molar-refractivity contribution >= 4 is 24.2 Å². The lowest BCUT2D eigenvalue weighted by molar-refractivity contribution is -0.130. The number of carbonyl (C=O) groups excluding carboxylic acids is 2. The monoisotopic (exact) mass is 423 g/mol. The molecule has 29 heavy (non-hydrogen) atoms. The summed E-state index contributed by atoms with van der Waals surface area (Å²) in [7, 11) is 0. The van der Waals surface area contributed by atoms with Gasteiger partial charge in [0.05, 0.1) is 12.1 Å². The van der Waals surface area contributed by atoms with Gasteiger partial charge in [0.1, 0.15) is 0 Å². The average molecular weight is 424 g/mol. The summed E-state index contributed by atoms with van der Waals surface area (Å²) >= 11 is 0. The zero-order valence-electron chi connectivity index (χ0n) is 18.2. The molecule has 1 saturated carbocycles. The molecule has 5 atom stereocenters. The van der Waals surface area contributed by atoms with Gasteiger partial charge in [0.2, 0.25) is 11.8 Å². The molecule has 6 heteroatoms. The lowest BCUT2D eigenvalue weighted by Crippen LogP contribution is -2.51. The Morgan fingerprint density at radius 2 is 1.79 bits per heavy atom. The normalized spacial score (nSPS) is 23.6. The fourth-order valence-corrected chi connectivity index (χ4v) is 4.26. The molecule has 1 fully saturated rings. The fourth-order valence-electron chi connectivity index (χ4n) is 4.26. The lowest BCUT2D eigenvalue weighted by atomic mass is 9.70. The van der Waals surface area contributed by atoms with E-state index in [1.807, 2.05) is 30.3 Å². The van der Waals surface area contributed by atoms with Gasteiger partial charge < -0.3 is 16.4 Å². The number of carbonyl (C=O) groups is 2. The van der Waals surface area contributed by atoms with E-state index in [1.165, 1.54) is 6.42 Å². The van der Waals surface area contributed by atoms with E-state index in [4.69, 9.17) is 5.73 Å². The number of nitrogens with one attached hydrogen (secondary N) is 2. The molecular formula is C23H38ClN3O2. The molecule has 164 valence electrons. The van der Waals surface area contributed by atoms with E-state index in [9.17, 15) is 9.59 Å². The number of nitrogens with two attached hydrogens (primary N) is 1. The van der Waals surface area contributed by atoms with Crippen LogP contribution in [0.2, 0.25) is 0 Å². The predicted molar refractivity (Wildman–Crippen MR) is 121 cm³/mol. The Labute approximate surface area is 182 Å². The largest absolute Gasteiger partial charge is 0.354 e. The lowest BCUT2D eigenvalue weighted by Gasteiger charge is -2.36. The molecule has 0 spiro atoms. The highest BCUT2D eigenvalue weighted by molar-refractivity contribution is 5.85. The number of halogens is 1. The molecule has 0 unspecified atom stereocenters. The van der Waals surface area contributed by atoms with E-state index in [0.717, 1.165) is 18.4 Å². The standard InChI is InChI=1S/C23H37N3O2.ClH/c1-15(2)20-11-10-16(3)12-21(20)23(28)25-14-19(26-22(27)17(4)24)13-18-8-6-5-7-9-18;/h5-9,15-17,19-21H,10-14,24H2,1-4H3,(H,25,28)(H,26,27);1H/t16-,17-,19+,20+,21-;/m1./s1. The van der Waals surface area contributed by atoms with E-state index in [0.29, 0.717) is 30.7 Å². The molecule has 0 saturated heterocycles. The van der Waals surface area contributed by atoms with Crippen molar-refractivity contribution in [2.24, 2.45) is 29.4 Å². The minimum Gasteiger partial charge on any atom is -0.354 e. The van der Waals surface area contributed by atoms with E-state index in [2.05, 4.69) is 31.4 Å². The molecular weight excluding hydrogens is 386 g/mol. The first kappa shape index (κ1) is 25.4. The molecule has 0 heterocycles. The van der Waals surface area contributed by atoms with Crippen LogP contribution in [0.3, 0.4) is 0 Å². The molecule has 1 aromatic rings. The van der Waals surface area contributed by atoms with Gasteiger partial charge in [0.25, 0.3) is 0 Å². The molecule has 1 aromatic carbocycles. The van der Waals surface area contributed by atoms with Gasteiger partial charge in [-0.25, -0.2) is 0 Å². The van der Waals surface area contributed by atoms with Crippen molar-refractivity contribution in [2.75, 3.05) is 6.54 Å². The van der Waals surface area contributed by atoms with Crippen LogP contribution < -0.4 is 16.4 Å². The third kappa shape index (κ3) is 7.98. The van der Waals surface area contributed by atoms with Gasteiger partial charge in [0, 0.05) is 12.5 Å². The predicted octanol–water partition coefficient (Wildman–Crippen LogP) is 3.31. The summed E-state index contributed by atoms with van der Waals surface area (Å²) in [5, 5.41) is 6.12. The van der Waals surface area contributed by atoms with Crippen molar-refractivity contribution in [3.8, 4) is 0 Å². The molecule has 1 aliphatic rings. The van der Waals surface area contributed by atoms with Crippen LogP contribution in [0, 0.1) is 23.7 Å². The molecule has 4 N–H and O–H groups in total. The minimum absolute atomic E-state index is 0. The summed E-state index contributed by atoms with van der Waals surface area (Å²) < 4.78 is 0. The Balaban J connectivity index is 0.00000420. The second kappa shape index (κ2) is 12.2. The van der Waals surface area contributed by atoms with Gasteiger partial charge >= 0.3 is 0 Å². The molecule has 1 aliphatic carbocycles. The maximum absolute atomic E-state index is 13.0. The van der Waals surface area contributed by atoms with Gasteiger partial charge in [-0.05, 0) is 49.5 Å². The van der Waals surface area contributed by atoms with Crippen molar-refractivity contribution < 1.29 is 9.59 Å². The van der Waals surface area contributed by atoms with Gasteiger partial charge in [-0.2, -0.15) is 0 Å². The molecule has 5 nitrogen and oxygen atoms in total. The average Bonchev–Trinajstić information content (AvgIpc) is 2.66. The maximum Gasteiger partial charge on any atom is 0.236 e. The number of rotatable bonds is 8. The first-order chi connectivity index (χ1) is 13.3. The van der Waals surface area contributed by atoms with Crippen LogP contribution >= 0.6 is 12.4 Å². The summed E-state index contributed by atoms with van der Waals surface area (Å²) in [6, 6.07) is 9.25. The highest BCUT2D eigenvalue weighted by atomic mass is 35.5. The second-order valence-corrected chi connectivity index (χ2v) is 8.86. The summed E-state index contributed by atoms with van der Waals surface area (Å²) in [6.45, 7) is 8.74. The Morgan fingerprint density at radius 3 is 2.38 bits per heavy atom. The zero-order chi connectivity index (χ0) is 20.7. The first-order valence-corrected chi connectivity index (χ1v) is 10.7. The van der Waals surface area contributed by atoms with Gasteiger partial charge in [0.15, 0.2) is 0 Å². The van der Waals surface area contributed by atoms with Crippen molar-refractivity contribution in [1.29, 1.82) is 0 Å². The molecule has 0 bridgehead atoms. The Morgan fingerprint density at radius 1 is 1.14 bits per heavy atom. The minimum atomic E-state index is -0.571. The maximum atomic E-state index is 13.0. The molecule has 2 rings (SSSR count). The Bertz CT molecular complexity index is 636. The van der Waals surface area contributed by atoms with Crippen LogP contribution in [0.25, 0.3) is 0 Å². The zero-order valence-corrected chi connectivity index (χ0v) is 19.0. The highest BCUT2D eigenvalue weighted by Gasteiger charge is 2.35. The van der Waals surface area contributed by atoms with Crippen molar-refractivity contribution in [3.63, 3.8) is 0 Å². The van der Waals surface area contributed by atoms with Crippen LogP contribution in [0.4, 0.5) is 0 Å². The molecule has 0 aliphatic heterocycles. The topological polar surface area (TPSA) is 84.2 Å². The first-order valence-electron chi connectivity index (χ1n) is 10.7. The SMILES string of the molecule is CC(C)[C@@H]1CC[C@@H](C)C[C@H]1C(=O)NC[C@H](Cc1ccccc1)NC(=O)[C@@H](C)N.Cl. The smallest absolute Gasteiger partial charge is 0.236 e. The number of benzene rings is 1. The summed E-state index contributed by atoms with van der Waals surface area (Å²) in [6.07, 6.45) is 3.93. The third-order valence-electron chi connectivity index (χ3n) is 5.97. The number of amides is 2. The third-order valence-corrected chi connectivity index (χ3v) is 5.97. The van der Waals surface area contributed by atoms with E-state index < -0.39 is 6.04 Å². The number of hydrogen-bond donors (Lipinski definition) is 3. The Kier molecular flexibility index (Phi) is 10.7. The molecule has 2 amide bonds. The van der Waals surface area contributed by atoms with Crippen LogP contribution in [0.1, 0.15) is 52.5 Å². The summed E-state index contributed by atoms with van der Waals surface area (Å²) in [5.74, 6) is 1.51.